The van der Waals surface area contributed by atoms with Crippen LogP contribution in [0.25, 0.3) is 0 Å². The van der Waals surface area contributed by atoms with Gasteiger partial charge >= 0.3 is 6.09 Å². The molecule has 0 unspecified atom stereocenters. The molecule has 2 rings (SSSR count). The van der Waals surface area contributed by atoms with Gasteiger partial charge in [-0.05, 0) is 49.4 Å². The van der Waals surface area contributed by atoms with E-state index >= 15 is 0 Å². The molecule has 0 bridgehead atoms. The van der Waals surface area contributed by atoms with Crippen LogP contribution in [0.5, 0.6) is 5.75 Å². The lowest BCUT2D eigenvalue weighted by molar-refractivity contribution is -0.130. The van der Waals surface area contributed by atoms with Crippen LogP contribution < -0.4 is 27.0 Å². The molecule has 0 aliphatic heterocycles. The molecule has 0 fully saturated rings. The summed E-state index contributed by atoms with van der Waals surface area (Å²) >= 11 is 0. The second-order valence-corrected chi connectivity index (χ2v) is 8.59. The molecule has 0 saturated heterocycles. The van der Waals surface area contributed by atoms with Crippen LogP contribution in [0.3, 0.4) is 0 Å². The number of hydrogen-bond donors (Lipinski definition) is 7. The number of nitrogens with two attached hydrogens (primary N) is 1. The van der Waals surface area contributed by atoms with Gasteiger partial charge in [-0.3, -0.25) is 15.0 Å². The predicted octanol–water partition coefficient (Wildman–Crippen LogP) is 0.681. The molecule has 38 heavy (non-hydrogen) atoms. The van der Waals surface area contributed by atoms with Crippen LogP contribution in [0.1, 0.15) is 30.9 Å². The number of ether oxygens (including phenoxy) is 1. The Morgan fingerprint density at radius 2 is 1.68 bits per heavy atom. The molecule has 0 aliphatic rings. The monoisotopic (exact) mass is 526 g/mol. The van der Waals surface area contributed by atoms with Gasteiger partial charge in [0, 0.05) is 6.54 Å². The fraction of sp³-hybridized carbons (Fsp3) is 0.346. The van der Waals surface area contributed by atoms with Crippen LogP contribution in [0.4, 0.5) is 4.79 Å². The van der Waals surface area contributed by atoms with Gasteiger partial charge in [0.1, 0.15) is 30.7 Å². The van der Waals surface area contributed by atoms with E-state index in [1.165, 1.54) is 19.1 Å². The van der Waals surface area contributed by atoms with Gasteiger partial charge in [0.2, 0.25) is 11.8 Å². The van der Waals surface area contributed by atoms with Crippen LogP contribution >= 0.6 is 0 Å². The highest BCUT2D eigenvalue weighted by Crippen LogP contribution is 2.11. The highest BCUT2D eigenvalue weighted by atomic mass is 16.5. The van der Waals surface area contributed by atoms with E-state index in [0.717, 1.165) is 11.1 Å². The van der Waals surface area contributed by atoms with Crippen LogP contribution in [-0.2, 0) is 32.1 Å². The summed E-state index contributed by atoms with van der Waals surface area (Å²) in [5.41, 5.74) is 6.78. The third-order valence-corrected chi connectivity index (χ3v) is 5.44. The molecule has 204 valence electrons. The molecule has 2 aromatic rings. The topological polar surface area (TPSA) is 196 Å². The Kier molecular flexibility index (Phi) is 12.1. The first-order valence-electron chi connectivity index (χ1n) is 12.1. The Balaban J connectivity index is 1.93. The molecule has 3 atom stereocenters. The number of benzene rings is 2. The van der Waals surface area contributed by atoms with Gasteiger partial charge in [-0.15, -0.1) is 0 Å². The summed E-state index contributed by atoms with van der Waals surface area (Å²) < 4.78 is 5.20. The van der Waals surface area contributed by atoms with Crippen molar-refractivity contribution < 1.29 is 29.0 Å². The second-order valence-electron chi connectivity index (χ2n) is 8.59. The zero-order valence-electron chi connectivity index (χ0n) is 21.1. The van der Waals surface area contributed by atoms with Gasteiger partial charge in [0.25, 0.3) is 0 Å². The molecule has 0 radical (unpaired) electrons. The summed E-state index contributed by atoms with van der Waals surface area (Å²) in [5.74, 6) is -1.34. The van der Waals surface area contributed by atoms with Crippen molar-refractivity contribution >= 4 is 30.2 Å². The zero-order valence-corrected chi connectivity index (χ0v) is 21.1. The minimum absolute atomic E-state index is 0.0137. The summed E-state index contributed by atoms with van der Waals surface area (Å²) in [5, 5.41) is 26.9. The van der Waals surface area contributed by atoms with E-state index < -0.39 is 36.0 Å². The molecule has 0 saturated carbocycles. The summed E-state index contributed by atoms with van der Waals surface area (Å²) in [4.78, 5) is 49.4. The summed E-state index contributed by atoms with van der Waals surface area (Å²) in [6, 6.07) is 12.4. The number of carbonyl (C=O) groups is 4. The van der Waals surface area contributed by atoms with Crippen LogP contribution in [0.15, 0.2) is 54.6 Å². The van der Waals surface area contributed by atoms with Gasteiger partial charge in [-0.25, -0.2) is 4.79 Å². The number of hydrogen-bond acceptors (Lipinski definition) is 7. The zero-order chi connectivity index (χ0) is 27.9. The predicted molar refractivity (Wildman–Crippen MR) is 140 cm³/mol. The van der Waals surface area contributed by atoms with Crippen LogP contribution in [0, 0.1) is 5.41 Å². The molecular weight excluding hydrogens is 492 g/mol. The highest BCUT2D eigenvalue weighted by Gasteiger charge is 2.26. The van der Waals surface area contributed by atoms with Gasteiger partial charge in [-0.1, -0.05) is 42.5 Å². The normalized spacial score (nSPS) is 12.8. The third kappa shape index (κ3) is 11.0. The smallest absolute Gasteiger partial charge is 0.408 e. The number of amides is 3. The van der Waals surface area contributed by atoms with E-state index in [9.17, 15) is 24.3 Å². The van der Waals surface area contributed by atoms with Crippen molar-refractivity contribution in [2.45, 2.75) is 50.9 Å². The maximum Gasteiger partial charge on any atom is 0.408 e. The quantitative estimate of drug-likeness (QED) is 0.0807. The second kappa shape index (κ2) is 15.5. The van der Waals surface area contributed by atoms with E-state index in [2.05, 4.69) is 21.3 Å². The molecule has 8 N–H and O–H groups in total. The van der Waals surface area contributed by atoms with Gasteiger partial charge in [0.15, 0.2) is 5.96 Å². The summed E-state index contributed by atoms with van der Waals surface area (Å²) in [6.45, 7) is 1.77. The fourth-order valence-electron chi connectivity index (χ4n) is 3.41. The van der Waals surface area contributed by atoms with E-state index in [0.29, 0.717) is 19.3 Å². The molecule has 0 aromatic heterocycles. The number of guanidine groups is 1. The fourth-order valence-corrected chi connectivity index (χ4v) is 3.41. The molecular formula is C26H34N6O6. The van der Waals surface area contributed by atoms with Crippen molar-refractivity contribution in [1.29, 1.82) is 5.41 Å². The summed E-state index contributed by atoms with van der Waals surface area (Å²) in [7, 11) is 0. The Morgan fingerprint density at radius 1 is 1.00 bits per heavy atom. The number of aldehydes is 1. The van der Waals surface area contributed by atoms with E-state index in [-0.39, 0.29) is 31.2 Å². The number of carbonyl (C=O) groups excluding carboxylic acids is 4. The van der Waals surface area contributed by atoms with Gasteiger partial charge in [-0.2, -0.15) is 0 Å². The van der Waals surface area contributed by atoms with Crippen molar-refractivity contribution in [1.82, 2.24) is 21.3 Å². The number of aromatic hydroxyl groups is 1. The molecule has 2 aromatic carbocycles. The van der Waals surface area contributed by atoms with Crippen LogP contribution in [0.2, 0.25) is 0 Å². The Morgan fingerprint density at radius 3 is 2.32 bits per heavy atom. The van der Waals surface area contributed by atoms with Gasteiger partial charge < -0.3 is 41.6 Å². The maximum absolute atomic E-state index is 12.9. The first-order chi connectivity index (χ1) is 18.2. The van der Waals surface area contributed by atoms with Crippen LogP contribution in [-0.4, -0.2) is 59.9 Å². The Bertz CT molecular complexity index is 1080. The number of alkyl carbamates (subject to hydrolysis) is 1. The Labute approximate surface area is 220 Å². The first kappa shape index (κ1) is 29.6. The number of phenols is 1. The summed E-state index contributed by atoms with van der Waals surface area (Å²) in [6.07, 6.45) is 0.557. The molecule has 0 aliphatic carbocycles. The maximum atomic E-state index is 12.9. The lowest BCUT2D eigenvalue weighted by Gasteiger charge is -2.22. The number of phenolic OH excluding ortho intramolecular Hbond substituents is 1. The highest BCUT2D eigenvalue weighted by molar-refractivity contribution is 5.91. The lowest BCUT2D eigenvalue weighted by atomic mass is 10.1. The van der Waals surface area contributed by atoms with Gasteiger partial charge in [0.05, 0.1) is 6.04 Å². The van der Waals surface area contributed by atoms with E-state index in [4.69, 9.17) is 15.9 Å². The molecule has 0 spiro atoms. The van der Waals surface area contributed by atoms with E-state index in [1.807, 2.05) is 6.07 Å². The lowest BCUT2D eigenvalue weighted by Crippen LogP contribution is -2.54. The van der Waals surface area contributed by atoms with E-state index in [1.54, 1.807) is 36.4 Å². The largest absolute Gasteiger partial charge is 0.508 e. The standard InChI is InChI=1S/C26H34N6O6/c1-17(23(35)31-20(15-33)14-18-9-11-21(34)12-10-18)30-24(36)22(8-5-13-29-25(27)28)32-26(37)38-16-19-6-3-2-4-7-19/h2-4,6-7,9-12,15,17,20,22,34H,5,8,13-14,16H2,1H3,(H,30,36)(H,31,35)(H,32,37)(H4,27,28,29)/t17-,20-,22-/m0/s1. The molecule has 0 heterocycles. The number of nitrogens with one attached hydrogen (secondary N) is 5. The average Bonchev–Trinajstić information content (AvgIpc) is 2.90. The van der Waals surface area contributed by atoms with Crippen molar-refractivity contribution in [2.24, 2.45) is 5.73 Å². The minimum Gasteiger partial charge on any atom is -0.508 e. The van der Waals surface area contributed by atoms with Crippen molar-refractivity contribution in [3.63, 3.8) is 0 Å². The molecule has 3 amide bonds. The Hall–Kier alpha value is -4.61. The minimum atomic E-state index is -1.03. The van der Waals surface area contributed by atoms with Crippen molar-refractivity contribution in [2.75, 3.05) is 6.54 Å². The first-order valence-corrected chi connectivity index (χ1v) is 12.1. The third-order valence-electron chi connectivity index (χ3n) is 5.44. The number of rotatable bonds is 14. The average molecular weight is 527 g/mol. The molecule has 12 nitrogen and oxygen atoms in total. The SMILES string of the molecule is C[C@H](NC(=O)[C@H](CCCNC(=N)N)NC(=O)OCc1ccccc1)C(=O)N[C@H](C=O)Cc1ccc(O)cc1. The molecule has 12 heteroatoms. The van der Waals surface area contributed by atoms with Crippen molar-refractivity contribution in [3.8, 4) is 5.75 Å². The van der Waals surface area contributed by atoms with Crippen molar-refractivity contribution in [3.05, 3.63) is 65.7 Å².